The second kappa shape index (κ2) is 6.61. The van der Waals surface area contributed by atoms with Gasteiger partial charge in [-0.1, -0.05) is 0 Å². The molecule has 7 nitrogen and oxygen atoms in total. The highest BCUT2D eigenvalue weighted by Crippen LogP contribution is 2.43. The number of likely N-dealkylation sites (tertiary alicyclic amines) is 2. The molecule has 0 N–H and O–H groups in total. The summed E-state index contributed by atoms with van der Waals surface area (Å²) in [5.41, 5.74) is -1.17. The summed E-state index contributed by atoms with van der Waals surface area (Å²) in [6.07, 6.45) is 1.74. The van der Waals surface area contributed by atoms with Crippen LogP contribution in [0.3, 0.4) is 0 Å². The Labute approximate surface area is 143 Å². The predicted molar refractivity (Wildman–Crippen MR) is 87.3 cm³/mol. The van der Waals surface area contributed by atoms with Gasteiger partial charge in [0.2, 0.25) is 5.91 Å². The summed E-state index contributed by atoms with van der Waals surface area (Å²) in [5.74, 6) is -0.485. The van der Waals surface area contributed by atoms with Crippen molar-refractivity contribution in [2.45, 2.75) is 58.6 Å². The Morgan fingerprint density at radius 3 is 2.58 bits per heavy atom. The van der Waals surface area contributed by atoms with Crippen molar-refractivity contribution in [3.05, 3.63) is 0 Å². The third kappa shape index (κ3) is 3.82. The van der Waals surface area contributed by atoms with E-state index in [1.54, 1.807) is 9.80 Å². The molecule has 7 heteroatoms. The summed E-state index contributed by atoms with van der Waals surface area (Å²) in [6.45, 7) is 8.31. The van der Waals surface area contributed by atoms with Crippen molar-refractivity contribution in [2.24, 2.45) is 5.41 Å². The van der Waals surface area contributed by atoms with Crippen LogP contribution in [0.5, 0.6) is 0 Å². The first-order valence-electron chi connectivity index (χ1n) is 8.44. The standard InChI is InChI=1S/C17H28N2O5/c1-12-9-17(14(21)19(12)10-13(20)23-5)7-6-8-18(11-17)15(22)24-16(2,3)4/h12H,6-11H2,1-5H3. The molecule has 2 amide bonds. The fourth-order valence-electron chi connectivity index (χ4n) is 3.65. The topological polar surface area (TPSA) is 76.2 Å². The van der Waals surface area contributed by atoms with Crippen molar-refractivity contribution in [3.8, 4) is 0 Å². The smallest absolute Gasteiger partial charge is 0.410 e. The molecule has 2 fully saturated rings. The lowest BCUT2D eigenvalue weighted by Crippen LogP contribution is -2.51. The van der Waals surface area contributed by atoms with Gasteiger partial charge in [-0.3, -0.25) is 9.59 Å². The Kier molecular flexibility index (Phi) is 5.11. The summed E-state index contributed by atoms with van der Waals surface area (Å²) in [4.78, 5) is 40.0. The van der Waals surface area contributed by atoms with Crippen molar-refractivity contribution in [3.63, 3.8) is 0 Å². The molecule has 0 saturated carbocycles. The van der Waals surface area contributed by atoms with Crippen LogP contribution < -0.4 is 0 Å². The lowest BCUT2D eigenvalue weighted by atomic mass is 9.77. The minimum Gasteiger partial charge on any atom is -0.468 e. The molecule has 0 aromatic rings. The zero-order valence-corrected chi connectivity index (χ0v) is 15.3. The molecule has 0 radical (unpaired) electrons. The minimum absolute atomic E-state index is 0.0370. The van der Waals surface area contributed by atoms with Crippen LogP contribution in [-0.4, -0.2) is 66.2 Å². The molecule has 2 saturated heterocycles. The molecule has 0 aromatic heterocycles. The lowest BCUT2D eigenvalue weighted by Gasteiger charge is -2.39. The normalized spacial score (nSPS) is 27.5. The molecule has 0 aliphatic carbocycles. The number of methoxy groups -OCH3 is 1. The van der Waals surface area contributed by atoms with Gasteiger partial charge < -0.3 is 19.3 Å². The molecule has 2 unspecified atom stereocenters. The summed E-state index contributed by atoms with van der Waals surface area (Å²) in [6, 6.07) is -0.0461. The number of hydrogen-bond acceptors (Lipinski definition) is 5. The average molecular weight is 340 g/mol. The molecule has 2 rings (SSSR count). The number of piperidine rings is 1. The Morgan fingerprint density at radius 2 is 2.00 bits per heavy atom. The van der Waals surface area contributed by atoms with E-state index in [0.29, 0.717) is 19.5 Å². The van der Waals surface area contributed by atoms with Crippen LogP contribution in [0, 0.1) is 5.41 Å². The summed E-state index contributed by atoms with van der Waals surface area (Å²) in [7, 11) is 1.31. The van der Waals surface area contributed by atoms with Crippen LogP contribution in [0.25, 0.3) is 0 Å². The van der Waals surface area contributed by atoms with Crippen LogP contribution in [-0.2, 0) is 19.1 Å². The van der Waals surface area contributed by atoms with E-state index in [1.165, 1.54) is 7.11 Å². The first-order valence-corrected chi connectivity index (χ1v) is 8.44. The summed E-state index contributed by atoms with van der Waals surface area (Å²) in [5, 5.41) is 0. The van der Waals surface area contributed by atoms with Crippen molar-refractivity contribution in [2.75, 3.05) is 26.7 Å². The van der Waals surface area contributed by atoms with E-state index in [-0.39, 0.29) is 24.6 Å². The minimum atomic E-state index is -0.609. The SMILES string of the molecule is COC(=O)CN1C(=O)C2(CCCN(C(=O)OC(C)(C)C)C2)CC1C. The second-order valence-corrected chi connectivity index (χ2v) is 7.85. The Balaban J connectivity index is 2.11. The first kappa shape index (κ1) is 18.5. The molecule has 2 aliphatic rings. The van der Waals surface area contributed by atoms with Gasteiger partial charge in [-0.15, -0.1) is 0 Å². The van der Waals surface area contributed by atoms with Gasteiger partial charge in [-0.2, -0.15) is 0 Å². The largest absolute Gasteiger partial charge is 0.468 e. The van der Waals surface area contributed by atoms with E-state index < -0.39 is 17.0 Å². The number of rotatable bonds is 2. The molecule has 136 valence electrons. The van der Waals surface area contributed by atoms with Crippen molar-refractivity contribution in [1.29, 1.82) is 0 Å². The Bertz CT molecular complexity index is 528. The first-order chi connectivity index (χ1) is 11.1. The number of nitrogens with zero attached hydrogens (tertiary/aromatic N) is 2. The monoisotopic (exact) mass is 340 g/mol. The predicted octanol–water partition coefficient (Wildman–Crippen LogP) is 1.80. The molecule has 24 heavy (non-hydrogen) atoms. The molecule has 1 spiro atoms. The van der Waals surface area contributed by atoms with E-state index in [1.807, 2.05) is 27.7 Å². The summed E-state index contributed by atoms with van der Waals surface area (Å²) >= 11 is 0. The van der Waals surface area contributed by atoms with Gasteiger partial charge in [0.25, 0.3) is 0 Å². The number of esters is 1. The molecule has 2 aliphatic heterocycles. The zero-order chi connectivity index (χ0) is 18.1. The molecule has 2 heterocycles. The number of hydrogen-bond donors (Lipinski definition) is 0. The van der Waals surface area contributed by atoms with E-state index >= 15 is 0 Å². The quantitative estimate of drug-likeness (QED) is 0.717. The van der Waals surface area contributed by atoms with Gasteiger partial charge in [-0.05, 0) is 47.0 Å². The molecular weight excluding hydrogens is 312 g/mol. The van der Waals surface area contributed by atoms with Crippen LogP contribution in [0.1, 0.15) is 47.0 Å². The van der Waals surface area contributed by atoms with Gasteiger partial charge in [0.1, 0.15) is 12.1 Å². The Morgan fingerprint density at radius 1 is 1.33 bits per heavy atom. The number of carbonyl (C=O) groups excluding carboxylic acids is 3. The van der Waals surface area contributed by atoms with Crippen LogP contribution >= 0.6 is 0 Å². The number of carbonyl (C=O) groups is 3. The maximum atomic E-state index is 12.9. The molecule has 0 aromatic carbocycles. The van der Waals surface area contributed by atoms with E-state index in [4.69, 9.17) is 4.74 Å². The highest BCUT2D eigenvalue weighted by molar-refractivity contribution is 5.89. The second-order valence-electron chi connectivity index (χ2n) is 7.85. The average Bonchev–Trinajstić information content (AvgIpc) is 2.69. The van der Waals surface area contributed by atoms with E-state index in [2.05, 4.69) is 4.74 Å². The van der Waals surface area contributed by atoms with Gasteiger partial charge in [-0.25, -0.2) is 4.79 Å². The Hall–Kier alpha value is -1.79. The van der Waals surface area contributed by atoms with Gasteiger partial charge in [0.15, 0.2) is 0 Å². The lowest BCUT2D eigenvalue weighted by molar-refractivity contribution is -0.149. The third-order valence-electron chi connectivity index (χ3n) is 4.69. The van der Waals surface area contributed by atoms with E-state index in [0.717, 1.165) is 12.8 Å². The third-order valence-corrected chi connectivity index (χ3v) is 4.69. The zero-order valence-electron chi connectivity index (χ0n) is 15.3. The van der Waals surface area contributed by atoms with Crippen LogP contribution in [0.4, 0.5) is 4.79 Å². The van der Waals surface area contributed by atoms with E-state index in [9.17, 15) is 14.4 Å². The fraction of sp³-hybridized carbons (Fsp3) is 0.824. The van der Waals surface area contributed by atoms with Gasteiger partial charge >= 0.3 is 12.1 Å². The maximum Gasteiger partial charge on any atom is 0.410 e. The van der Waals surface area contributed by atoms with Crippen LogP contribution in [0.2, 0.25) is 0 Å². The molecule has 0 bridgehead atoms. The molecule has 2 atom stereocenters. The van der Waals surface area contributed by atoms with Crippen LogP contribution in [0.15, 0.2) is 0 Å². The fourth-order valence-corrected chi connectivity index (χ4v) is 3.65. The van der Waals surface area contributed by atoms with Gasteiger partial charge in [0.05, 0.1) is 12.5 Å². The van der Waals surface area contributed by atoms with Gasteiger partial charge in [0, 0.05) is 19.1 Å². The highest BCUT2D eigenvalue weighted by Gasteiger charge is 2.53. The summed E-state index contributed by atoms with van der Waals surface area (Å²) < 4.78 is 10.1. The van der Waals surface area contributed by atoms with Crippen molar-refractivity contribution in [1.82, 2.24) is 9.80 Å². The maximum absolute atomic E-state index is 12.9. The highest BCUT2D eigenvalue weighted by atomic mass is 16.6. The molecular formula is C17H28N2O5. The number of amides is 2. The number of ether oxygens (including phenoxy) is 2. The van der Waals surface area contributed by atoms with Crippen molar-refractivity contribution >= 4 is 18.0 Å². The van der Waals surface area contributed by atoms with Crippen molar-refractivity contribution < 1.29 is 23.9 Å².